The van der Waals surface area contributed by atoms with Crippen LogP contribution < -0.4 is 24.0 Å². The van der Waals surface area contributed by atoms with E-state index in [0.29, 0.717) is 0 Å². The van der Waals surface area contributed by atoms with Gasteiger partial charge in [0.25, 0.3) is 0 Å². The summed E-state index contributed by atoms with van der Waals surface area (Å²) in [5, 5.41) is 24.8. The minimum Gasteiger partial charge on any atom is -0.545 e. The second kappa shape index (κ2) is 11.7. The second-order valence-corrected chi connectivity index (χ2v) is 1.78. The number of carbonyl (C=O) groups excluding carboxylic acids is 1. The molecule has 0 amide bonds. The molecule has 0 aromatic heterocycles. The number of carbonyl (C=O) groups is 3. The van der Waals surface area contributed by atoms with E-state index in [1.807, 2.05) is 0 Å². The molecule has 6 nitrogen and oxygen atoms in total. The molecule has 0 spiro atoms. The number of aliphatic carboxylic acids is 3. The van der Waals surface area contributed by atoms with Crippen LogP contribution in [0.5, 0.6) is 0 Å². The molecule has 7 heteroatoms. The summed E-state index contributed by atoms with van der Waals surface area (Å²) in [6, 6.07) is 0. The van der Waals surface area contributed by atoms with Crippen molar-refractivity contribution in [1.29, 1.82) is 0 Å². The minimum atomic E-state index is -1.31. The Morgan fingerprint density at radius 1 is 1.21 bits per heavy atom. The molecule has 0 saturated heterocycles. The van der Waals surface area contributed by atoms with Gasteiger partial charge in [0.1, 0.15) is 6.42 Å². The molecule has 14 heavy (non-hydrogen) atoms. The fraction of sp³-hybridized carbons (Fsp3) is 0.286. The first kappa shape index (κ1) is 18.5. The molecule has 0 atom stereocenters. The van der Waals surface area contributed by atoms with Crippen LogP contribution in [-0.2, 0) is 14.4 Å². The van der Waals surface area contributed by atoms with Crippen LogP contribution in [0.3, 0.4) is 0 Å². The van der Waals surface area contributed by atoms with Crippen molar-refractivity contribution < 1.29 is 48.6 Å². The van der Waals surface area contributed by atoms with Crippen molar-refractivity contribution in [2.45, 2.75) is 13.3 Å². The van der Waals surface area contributed by atoms with Crippen LogP contribution >= 0.6 is 0 Å². The van der Waals surface area contributed by atoms with Crippen LogP contribution in [0.4, 0.5) is 0 Å². The van der Waals surface area contributed by atoms with Crippen LogP contribution in [0.1, 0.15) is 13.3 Å². The van der Waals surface area contributed by atoms with E-state index in [2.05, 4.69) is 0 Å². The summed E-state index contributed by atoms with van der Waals surface area (Å²) in [5.41, 5.74) is 0. The first-order valence-electron chi connectivity index (χ1n) is 3.17. The van der Waals surface area contributed by atoms with Crippen LogP contribution in [-0.4, -0.2) is 28.1 Å². The van der Waals surface area contributed by atoms with Gasteiger partial charge in [-0.1, -0.05) is 6.08 Å². The summed E-state index contributed by atoms with van der Waals surface area (Å²) in [4.78, 5) is 28.3. The molecule has 0 aliphatic carbocycles. The van der Waals surface area contributed by atoms with Gasteiger partial charge in [0.15, 0.2) is 0 Å². The number of allylic oxidation sites excluding steroid dienone is 1. The largest absolute Gasteiger partial charge is 1.00 e. The molecule has 0 heterocycles. The molecule has 0 aromatic rings. The Balaban J connectivity index is -0.000000163. The Hall–Kier alpha value is -1.25. The summed E-state index contributed by atoms with van der Waals surface area (Å²) in [5.74, 6) is -3.77. The van der Waals surface area contributed by atoms with E-state index >= 15 is 0 Å². The number of carboxylic acid groups (broad SMARTS) is 3. The number of rotatable bonds is 3. The van der Waals surface area contributed by atoms with Crippen LogP contribution in [0, 0.1) is 0 Å². The van der Waals surface area contributed by atoms with Gasteiger partial charge < -0.3 is 20.1 Å². The van der Waals surface area contributed by atoms with Crippen molar-refractivity contribution in [3.63, 3.8) is 0 Å². The molecule has 0 fully saturated rings. The maximum Gasteiger partial charge on any atom is 1.00 e. The zero-order valence-electron chi connectivity index (χ0n) is 7.89. The zero-order chi connectivity index (χ0) is 10.9. The normalized spacial score (nSPS) is 8.07. The average molecular weight is 196 g/mol. The molecule has 0 saturated carbocycles. The van der Waals surface area contributed by atoms with Crippen LogP contribution in [0.15, 0.2) is 12.2 Å². The summed E-state index contributed by atoms with van der Waals surface area (Å²) in [7, 11) is 0. The summed E-state index contributed by atoms with van der Waals surface area (Å²) >= 11 is 0. The molecule has 2 N–H and O–H groups in total. The van der Waals surface area contributed by atoms with E-state index in [1.165, 1.54) is 6.08 Å². The Labute approximate surface area is 92.4 Å². The van der Waals surface area contributed by atoms with Gasteiger partial charge >= 0.3 is 30.8 Å². The second-order valence-electron chi connectivity index (χ2n) is 1.78. The summed E-state index contributed by atoms with van der Waals surface area (Å²) < 4.78 is 0. The van der Waals surface area contributed by atoms with E-state index in [-0.39, 0.29) is 18.9 Å². The molecule has 0 radical (unpaired) electrons. The molecular formula is C7H9LiO6. The predicted octanol–water partition coefficient (Wildman–Crippen LogP) is -4.14. The van der Waals surface area contributed by atoms with Gasteiger partial charge in [-0.25, -0.2) is 0 Å². The Morgan fingerprint density at radius 2 is 1.57 bits per heavy atom. The number of carboxylic acids is 3. The zero-order valence-corrected chi connectivity index (χ0v) is 7.89. The van der Waals surface area contributed by atoms with E-state index < -0.39 is 24.3 Å². The maximum absolute atomic E-state index is 9.43. The Morgan fingerprint density at radius 3 is 1.57 bits per heavy atom. The van der Waals surface area contributed by atoms with Gasteiger partial charge in [-0.15, -0.1) is 0 Å². The predicted molar refractivity (Wildman–Crippen MR) is 39.7 cm³/mol. The summed E-state index contributed by atoms with van der Waals surface area (Å²) in [6.45, 7) is 1.62. The quantitative estimate of drug-likeness (QED) is 0.269. The van der Waals surface area contributed by atoms with Gasteiger partial charge in [0, 0.05) is 0 Å². The fourth-order valence-electron chi connectivity index (χ4n) is 0.265. The molecular weight excluding hydrogens is 187 g/mol. The SMILES string of the molecule is CC=CC(=O)[O-].O=C(O)CC(=O)O.[Li+]. The van der Waals surface area contributed by atoms with Gasteiger partial charge in [-0.3, -0.25) is 9.59 Å². The van der Waals surface area contributed by atoms with Crippen LogP contribution in [0.2, 0.25) is 0 Å². The van der Waals surface area contributed by atoms with E-state index in [1.54, 1.807) is 6.92 Å². The van der Waals surface area contributed by atoms with Gasteiger partial charge in [0.2, 0.25) is 0 Å². The van der Waals surface area contributed by atoms with Crippen molar-refractivity contribution in [2.75, 3.05) is 0 Å². The molecule has 0 rings (SSSR count). The molecule has 0 aliphatic rings. The van der Waals surface area contributed by atoms with E-state index in [4.69, 9.17) is 10.2 Å². The first-order chi connectivity index (χ1) is 5.90. The van der Waals surface area contributed by atoms with E-state index in [0.717, 1.165) is 6.08 Å². The standard InChI is InChI=1S/C4H6O2.C3H4O4.Li/c1-2-3-4(5)6;4-2(5)1-3(6)7;/h2-3H,1H3,(H,5,6);1H2,(H,4,5)(H,6,7);/q;;+1/p-1. The molecule has 0 bridgehead atoms. The third-order valence-electron chi connectivity index (χ3n) is 0.605. The van der Waals surface area contributed by atoms with Crippen molar-refractivity contribution in [2.24, 2.45) is 0 Å². The smallest absolute Gasteiger partial charge is 0.545 e. The first-order valence-corrected chi connectivity index (χ1v) is 3.17. The van der Waals surface area contributed by atoms with Gasteiger partial charge in [0.05, 0.1) is 5.97 Å². The number of hydrogen-bond donors (Lipinski definition) is 2. The Bertz CT molecular complexity index is 210. The maximum atomic E-state index is 9.43. The van der Waals surface area contributed by atoms with Crippen molar-refractivity contribution in [1.82, 2.24) is 0 Å². The minimum absolute atomic E-state index is 0. The van der Waals surface area contributed by atoms with Crippen molar-refractivity contribution >= 4 is 17.9 Å². The molecule has 0 aliphatic heterocycles. The Kier molecular flexibility index (Phi) is 15.5. The van der Waals surface area contributed by atoms with Gasteiger partial charge in [-0.05, 0) is 13.0 Å². The monoisotopic (exact) mass is 196 g/mol. The summed E-state index contributed by atoms with van der Waals surface area (Å²) in [6.07, 6.45) is 1.58. The topological polar surface area (TPSA) is 115 Å². The fourth-order valence-corrected chi connectivity index (χ4v) is 0.265. The van der Waals surface area contributed by atoms with Gasteiger partial charge in [-0.2, -0.15) is 0 Å². The van der Waals surface area contributed by atoms with Crippen molar-refractivity contribution in [3.8, 4) is 0 Å². The van der Waals surface area contributed by atoms with E-state index in [9.17, 15) is 19.5 Å². The average Bonchev–Trinajstić information content (AvgIpc) is 1.83. The van der Waals surface area contributed by atoms with Crippen molar-refractivity contribution in [3.05, 3.63) is 12.2 Å². The third-order valence-corrected chi connectivity index (χ3v) is 0.605. The molecule has 0 unspecified atom stereocenters. The third kappa shape index (κ3) is 30.9. The molecule has 0 aromatic carbocycles. The molecule has 74 valence electrons. The number of hydrogen-bond acceptors (Lipinski definition) is 4. The van der Waals surface area contributed by atoms with Crippen LogP contribution in [0.25, 0.3) is 0 Å².